The van der Waals surface area contributed by atoms with Crippen molar-refractivity contribution < 1.29 is 31.2 Å². The molecule has 7 nitrogen and oxygen atoms in total. The van der Waals surface area contributed by atoms with Crippen LogP contribution in [0.3, 0.4) is 0 Å². The molecule has 1 aliphatic rings. The first-order valence-electron chi connectivity index (χ1n) is 7.97. The van der Waals surface area contributed by atoms with Crippen LogP contribution in [-0.2, 0) is 14.8 Å². The van der Waals surface area contributed by atoms with Gasteiger partial charge in [0, 0.05) is 5.02 Å². The van der Waals surface area contributed by atoms with E-state index in [1.165, 1.54) is 34.3 Å². The molecule has 0 spiro atoms. The number of sulfonamides is 1. The molecule has 1 saturated heterocycles. The minimum Gasteiger partial charge on any atom is -0.302 e. The Morgan fingerprint density at radius 2 is 1.59 bits per heavy atom. The molecule has 0 aromatic heterocycles. The molecule has 0 bridgehead atoms. The summed E-state index contributed by atoms with van der Waals surface area (Å²) < 4.78 is 68.0. The maximum atomic E-state index is 13.9. The second-order valence-corrected chi connectivity index (χ2v) is 8.33. The second kappa shape index (κ2) is 7.01. The van der Waals surface area contributed by atoms with Crippen molar-refractivity contribution in [3.05, 3.63) is 59.1 Å². The molecule has 1 aliphatic heterocycles. The minimum absolute atomic E-state index is 0.144. The topological polar surface area (TPSA) is 95.6 Å². The zero-order valence-electron chi connectivity index (χ0n) is 14.6. The van der Waals surface area contributed by atoms with Gasteiger partial charge in [0.05, 0.1) is 10.6 Å². The molecule has 2 aromatic rings. The highest BCUT2D eigenvalue weighted by atomic mass is 35.5. The number of hydrogen-bond donors (Lipinski definition) is 2. The third-order valence-corrected chi connectivity index (χ3v) is 5.87. The molecule has 0 saturated carbocycles. The van der Waals surface area contributed by atoms with Gasteiger partial charge in [-0.1, -0.05) is 29.3 Å². The normalized spacial score (nSPS) is 20.1. The number of nitrogens with zero attached hydrogens (tertiary/aromatic N) is 1. The van der Waals surface area contributed by atoms with Crippen LogP contribution in [0.15, 0.2) is 53.4 Å². The highest BCUT2D eigenvalue weighted by Gasteiger charge is 2.69. The van der Waals surface area contributed by atoms with E-state index in [0.29, 0.717) is 0 Å². The molecule has 2 aromatic carbocycles. The van der Waals surface area contributed by atoms with Crippen LogP contribution in [0.4, 0.5) is 23.7 Å². The number of carbonyl (C=O) groups excluding carboxylic acids is 2. The lowest BCUT2D eigenvalue weighted by atomic mass is 10.1. The number of nitrogens with one attached hydrogen (secondary N) is 2. The first-order valence-corrected chi connectivity index (χ1v) is 9.83. The molecule has 0 aliphatic carbocycles. The van der Waals surface area contributed by atoms with E-state index in [9.17, 15) is 31.2 Å². The third kappa shape index (κ3) is 3.68. The van der Waals surface area contributed by atoms with E-state index in [-0.39, 0.29) is 15.6 Å². The van der Waals surface area contributed by atoms with Crippen molar-refractivity contribution in [3.63, 3.8) is 0 Å². The van der Waals surface area contributed by atoms with Crippen LogP contribution in [0.25, 0.3) is 0 Å². The summed E-state index contributed by atoms with van der Waals surface area (Å²) in [5, 5.41) is 1.61. The Labute approximate surface area is 168 Å². The Hall–Kier alpha value is -2.63. The molecule has 1 atom stereocenters. The van der Waals surface area contributed by atoms with Crippen LogP contribution in [0.5, 0.6) is 0 Å². The maximum absolute atomic E-state index is 13.9. The highest BCUT2D eigenvalue weighted by molar-refractivity contribution is 7.89. The summed E-state index contributed by atoms with van der Waals surface area (Å²) in [4.78, 5) is 24.6. The lowest BCUT2D eigenvalue weighted by molar-refractivity contribution is -0.194. The predicted octanol–water partition coefficient (Wildman–Crippen LogP) is 2.94. The zero-order chi connectivity index (χ0) is 21.6. The quantitative estimate of drug-likeness (QED) is 0.704. The van der Waals surface area contributed by atoms with E-state index in [2.05, 4.69) is 0 Å². The van der Waals surface area contributed by atoms with Crippen molar-refractivity contribution in [3.8, 4) is 0 Å². The molecule has 1 heterocycles. The Kier molecular flexibility index (Phi) is 5.10. The fourth-order valence-corrected chi connectivity index (χ4v) is 4.05. The number of carbonyl (C=O) groups is 2. The minimum atomic E-state index is -5.47. The van der Waals surface area contributed by atoms with Crippen molar-refractivity contribution in [2.24, 2.45) is 0 Å². The Balaban J connectivity index is 2.06. The SMILES string of the molecule is Cc1ccc(N2C(=O)NC(NS(=O)(=O)c3ccc(Cl)cc3)(C(F)(F)F)C2=O)cc1. The largest absolute Gasteiger partial charge is 0.435 e. The van der Waals surface area contributed by atoms with Crippen molar-refractivity contribution in [2.45, 2.75) is 23.7 Å². The number of benzene rings is 2. The van der Waals surface area contributed by atoms with Gasteiger partial charge in [0.2, 0.25) is 10.0 Å². The fraction of sp³-hybridized carbons (Fsp3) is 0.176. The molecule has 1 fully saturated rings. The number of amides is 3. The summed E-state index contributed by atoms with van der Waals surface area (Å²) in [6.07, 6.45) is -5.47. The van der Waals surface area contributed by atoms with Gasteiger partial charge in [-0.25, -0.2) is 18.1 Å². The average molecular weight is 448 g/mol. The summed E-state index contributed by atoms with van der Waals surface area (Å²) in [7, 11) is -4.86. The average Bonchev–Trinajstić information content (AvgIpc) is 2.87. The van der Waals surface area contributed by atoms with Crippen LogP contribution in [0, 0.1) is 6.92 Å². The zero-order valence-corrected chi connectivity index (χ0v) is 16.2. The summed E-state index contributed by atoms with van der Waals surface area (Å²) in [5.74, 6) is -1.82. The number of rotatable bonds is 4. The van der Waals surface area contributed by atoms with Crippen molar-refractivity contribution in [1.29, 1.82) is 0 Å². The smallest absolute Gasteiger partial charge is 0.302 e. The number of urea groups is 1. The Morgan fingerprint density at radius 1 is 1.03 bits per heavy atom. The van der Waals surface area contributed by atoms with Gasteiger partial charge in [0.25, 0.3) is 11.6 Å². The van der Waals surface area contributed by atoms with Crippen LogP contribution in [0.1, 0.15) is 5.56 Å². The van der Waals surface area contributed by atoms with Gasteiger partial charge in [-0.15, -0.1) is 0 Å². The van der Waals surface area contributed by atoms with Gasteiger partial charge >= 0.3 is 12.2 Å². The van der Waals surface area contributed by atoms with Gasteiger partial charge < -0.3 is 5.32 Å². The number of alkyl halides is 3. The summed E-state index contributed by atoms with van der Waals surface area (Å²) in [6, 6.07) is 8.34. The maximum Gasteiger partial charge on any atom is 0.435 e. The predicted molar refractivity (Wildman–Crippen MR) is 97.8 cm³/mol. The van der Waals surface area contributed by atoms with Gasteiger partial charge in [0.15, 0.2) is 0 Å². The fourth-order valence-electron chi connectivity index (χ4n) is 2.65. The molecule has 3 rings (SSSR count). The standard InChI is InChI=1S/C17H13ClF3N3O4S/c1-10-2-6-12(7-3-10)24-14(25)16(17(19,20)21,22-15(24)26)23-29(27,28)13-8-4-11(18)5-9-13/h2-9,23H,1H3,(H,22,26). The van der Waals surface area contributed by atoms with E-state index < -0.39 is 38.7 Å². The Morgan fingerprint density at radius 3 is 2.10 bits per heavy atom. The van der Waals surface area contributed by atoms with Crippen LogP contribution < -0.4 is 14.9 Å². The van der Waals surface area contributed by atoms with E-state index in [0.717, 1.165) is 29.8 Å². The van der Waals surface area contributed by atoms with Crippen LogP contribution in [0.2, 0.25) is 5.02 Å². The first-order chi connectivity index (χ1) is 13.4. The molecule has 3 amide bonds. The molecule has 1 unspecified atom stereocenters. The van der Waals surface area contributed by atoms with E-state index >= 15 is 0 Å². The summed E-state index contributed by atoms with van der Waals surface area (Å²) >= 11 is 5.66. The van der Waals surface area contributed by atoms with E-state index in [1.807, 2.05) is 0 Å². The summed E-state index contributed by atoms with van der Waals surface area (Å²) in [5.41, 5.74) is -3.27. The van der Waals surface area contributed by atoms with Gasteiger partial charge in [0.1, 0.15) is 0 Å². The van der Waals surface area contributed by atoms with Gasteiger partial charge in [-0.05, 0) is 43.3 Å². The van der Waals surface area contributed by atoms with Crippen LogP contribution in [-0.4, -0.2) is 32.2 Å². The number of imide groups is 1. The molecular formula is C17H13ClF3N3O4S. The van der Waals surface area contributed by atoms with Crippen LogP contribution >= 0.6 is 11.6 Å². The molecule has 2 N–H and O–H groups in total. The van der Waals surface area contributed by atoms with E-state index in [1.54, 1.807) is 6.92 Å². The van der Waals surface area contributed by atoms with Gasteiger partial charge in [-0.2, -0.15) is 17.9 Å². The van der Waals surface area contributed by atoms with Crippen molar-refractivity contribution in [1.82, 2.24) is 10.0 Å². The first kappa shape index (κ1) is 21.1. The highest BCUT2D eigenvalue weighted by Crippen LogP contribution is 2.37. The number of hydrogen-bond acceptors (Lipinski definition) is 4. The molecule has 29 heavy (non-hydrogen) atoms. The number of aryl methyl sites for hydroxylation is 1. The monoisotopic (exact) mass is 447 g/mol. The lowest BCUT2D eigenvalue weighted by Crippen LogP contribution is -2.69. The number of halogens is 4. The Bertz CT molecular complexity index is 1070. The third-order valence-electron chi connectivity index (χ3n) is 4.15. The molecular weight excluding hydrogens is 435 g/mol. The van der Waals surface area contributed by atoms with Crippen molar-refractivity contribution in [2.75, 3.05) is 4.90 Å². The van der Waals surface area contributed by atoms with Crippen molar-refractivity contribution >= 4 is 39.2 Å². The summed E-state index contributed by atoms with van der Waals surface area (Å²) in [6.45, 7) is 1.70. The molecule has 0 radical (unpaired) electrons. The number of anilines is 1. The second-order valence-electron chi connectivity index (χ2n) is 6.21. The molecule has 12 heteroatoms. The van der Waals surface area contributed by atoms with E-state index in [4.69, 9.17) is 11.6 Å². The van der Waals surface area contributed by atoms with Gasteiger partial charge in [-0.3, -0.25) is 4.79 Å². The lowest BCUT2D eigenvalue weighted by Gasteiger charge is -2.29. The molecule has 154 valence electrons.